The van der Waals surface area contributed by atoms with Gasteiger partial charge in [0.2, 0.25) is 0 Å². The monoisotopic (exact) mass is 193 g/mol. The average Bonchev–Trinajstić information content (AvgIpc) is 2.56. The molecular formula is C10H15N3O. The first kappa shape index (κ1) is 9.43. The third-order valence-electron chi connectivity index (χ3n) is 2.48. The van der Waals surface area contributed by atoms with E-state index in [1.165, 1.54) is 0 Å². The molecule has 76 valence electrons. The Labute approximate surface area is 83.4 Å². The van der Waals surface area contributed by atoms with Gasteiger partial charge in [-0.3, -0.25) is 9.88 Å². The van der Waals surface area contributed by atoms with Gasteiger partial charge in [0.25, 0.3) is 0 Å². The van der Waals surface area contributed by atoms with Crippen LogP contribution in [0, 0.1) is 0 Å². The molecule has 1 fully saturated rings. The number of likely N-dealkylation sites (tertiary alicyclic amines) is 1. The van der Waals surface area contributed by atoms with Crippen LogP contribution in [-0.2, 0) is 6.54 Å². The number of hydrogen-bond donors (Lipinski definition) is 2. The van der Waals surface area contributed by atoms with Gasteiger partial charge in [-0.15, -0.1) is 0 Å². The van der Waals surface area contributed by atoms with Crippen molar-refractivity contribution in [1.29, 1.82) is 0 Å². The summed E-state index contributed by atoms with van der Waals surface area (Å²) in [6.45, 7) is 2.51. The molecule has 2 heterocycles. The summed E-state index contributed by atoms with van der Waals surface area (Å²) in [5.41, 5.74) is 7.24. The Morgan fingerprint density at radius 2 is 2.43 bits per heavy atom. The van der Waals surface area contributed by atoms with Gasteiger partial charge in [-0.25, -0.2) is 0 Å². The normalized spacial score (nSPS) is 22.8. The van der Waals surface area contributed by atoms with Gasteiger partial charge in [0.05, 0.1) is 23.7 Å². The Kier molecular flexibility index (Phi) is 2.65. The molecule has 0 radical (unpaired) electrons. The van der Waals surface area contributed by atoms with E-state index in [9.17, 15) is 5.11 Å². The van der Waals surface area contributed by atoms with E-state index in [0.29, 0.717) is 5.69 Å². The van der Waals surface area contributed by atoms with Gasteiger partial charge in [-0.05, 0) is 18.6 Å². The molecule has 1 unspecified atom stereocenters. The van der Waals surface area contributed by atoms with E-state index in [0.717, 1.165) is 31.7 Å². The lowest BCUT2D eigenvalue weighted by Crippen LogP contribution is -2.21. The van der Waals surface area contributed by atoms with Gasteiger partial charge in [0.15, 0.2) is 0 Å². The first-order valence-electron chi connectivity index (χ1n) is 4.85. The van der Waals surface area contributed by atoms with Crippen LogP contribution in [0.25, 0.3) is 0 Å². The highest BCUT2D eigenvalue weighted by atomic mass is 16.3. The van der Waals surface area contributed by atoms with Crippen LogP contribution in [0.2, 0.25) is 0 Å². The number of nitrogens with two attached hydrogens (primary N) is 1. The average molecular weight is 193 g/mol. The molecular weight excluding hydrogens is 178 g/mol. The summed E-state index contributed by atoms with van der Waals surface area (Å²) >= 11 is 0. The molecule has 4 nitrogen and oxygen atoms in total. The minimum absolute atomic E-state index is 0.163. The molecule has 1 aliphatic heterocycles. The van der Waals surface area contributed by atoms with E-state index in [-0.39, 0.29) is 6.10 Å². The number of aromatic nitrogens is 1. The van der Waals surface area contributed by atoms with Crippen molar-refractivity contribution in [3.8, 4) is 0 Å². The molecule has 3 N–H and O–H groups in total. The zero-order valence-corrected chi connectivity index (χ0v) is 8.06. The summed E-state index contributed by atoms with van der Waals surface area (Å²) < 4.78 is 0. The molecule has 1 atom stereocenters. The van der Waals surface area contributed by atoms with Crippen LogP contribution < -0.4 is 5.73 Å². The maximum atomic E-state index is 9.34. The Morgan fingerprint density at radius 3 is 3.00 bits per heavy atom. The molecule has 2 rings (SSSR count). The second-order valence-electron chi connectivity index (χ2n) is 3.76. The number of pyridine rings is 1. The summed E-state index contributed by atoms with van der Waals surface area (Å²) in [5, 5.41) is 9.34. The number of nitrogen functional groups attached to an aromatic ring is 1. The third kappa shape index (κ3) is 2.21. The minimum Gasteiger partial charge on any atom is -0.397 e. The quantitative estimate of drug-likeness (QED) is 0.706. The highest BCUT2D eigenvalue weighted by Crippen LogP contribution is 2.12. The molecule has 0 aliphatic carbocycles. The van der Waals surface area contributed by atoms with Crippen molar-refractivity contribution in [2.75, 3.05) is 18.8 Å². The van der Waals surface area contributed by atoms with Crippen LogP contribution in [0.15, 0.2) is 18.3 Å². The number of rotatable bonds is 2. The van der Waals surface area contributed by atoms with Gasteiger partial charge in [0.1, 0.15) is 0 Å². The van der Waals surface area contributed by atoms with Crippen LogP contribution in [0.3, 0.4) is 0 Å². The van der Waals surface area contributed by atoms with E-state index >= 15 is 0 Å². The molecule has 0 bridgehead atoms. The second-order valence-corrected chi connectivity index (χ2v) is 3.76. The lowest BCUT2D eigenvalue weighted by Gasteiger charge is -2.13. The van der Waals surface area contributed by atoms with E-state index in [4.69, 9.17) is 5.73 Å². The number of β-amino-alcohol motifs (C(OH)–C–C–N with tert-alkyl or cyclic N) is 1. The van der Waals surface area contributed by atoms with Crippen LogP contribution in [0.4, 0.5) is 5.69 Å². The topological polar surface area (TPSA) is 62.4 Å². The van der Waals surface area contributed by atoms with Crippen molar-refractivity contribution in [2.24, 2.45) is 0 Å². The molecule has 0 aromatic carbocycles. The smallest absolute Gasteiger partial charge is 0.0679 e. The van der Waals surface area contributed by atoms with Gasteiger partial charge in [-0.1, -0.05) is 0 Å². The van der Waals surface area contributed by atoms with Crippen molar-refractivity contribution in [1.82, 2.24) is 9.88 Å². The predicted molar refractivity (Wildman–Crippen MR) is 54.6 cm³/mol. The lowest BCUT2D eigenvalue weighted by molar-refractivity contribution is 0.174. The second kappa shape index (κ2) is 3.94. The fourth-order valence-electron chi connectivity index (χ4n) is 1.71. The highest BCUT2D eigenvalue weighted by Gasteiger charge is 2.19. The molecule has 0 amide bonds. The number of aliphatic hydroxyl groups excluding tert-OH is 1. The van der Waals surface area contributed by atoms with Gasteiger partial charge < -0.3 is 10.8 Å². The largest absolute Gasteiger partial charge is 0.397 e. The first-order valence-corrected chi connectivity index (χ1v) is 4.85. The van der Waals surface area contributed by atoms with Crippen LogP contribution >= 0.6 is 0 Å². The number of hydrogen-bond acceptors (Lipinski definition) is 4. The molecule has 1 aliphatic rings. The Morgan fingerprint density at radius 1 is 1.57 bits per heavy atom. The number of nitrogens with zero attached hydrogens (tertiary/aromatic N) is 2. The molecule has 1 saturated heterocycles. The maximum absolute atomic E-state index is 9.34. The standard InChI is InChI=1S/C10H15N3O/c11-8-1-2-9(12-5-8)6-13-4-3-10(14)7-13/h1-2,5,10,14H,3-4,6-7,11H2. The van der Waals surface area contributed by atoms with Crippen LogP contribution in [0.5, 0.6) is 0 Å². The van der Waals surface area contributed by atoms with Gasteiger partial charge in [0, 0.05) is 19.6 Å². The van der Waals surface area contributed by atoms with Crippen molar-refractivity contribution in [2.45, 2.75) is 19.1 Å². The van der Waals surface area contributed by atoms with Crippen molar-refractivity contribution in [3.63, 3.8) is 0 Å². The van der Waals surface area contributed by atoms with Crippen molar-refractivity contribution < 1.29 is 5.11 Å². The summed E-state index contributed by atoms with van der Waals surface area (Å²) in [7, 11) is 0. The van der Waals surface area contributed by atoms with Crippen LogP contribution in [-0.4, -0.2) is 34.2 Å². The Hall–Kier alpha value is -1.13. The SMILES string of the molecule is Nc1ccc(CN2CCC(O)C2)nc1. The zero-order chi connectivity index (χ0) is 9.97. The molecule has 0 spiro atoms. The number of aliphatic hydroxyl groups is 1. The summed E-state index contributed by atoms with van der Waals surface area (Å²) in [4.78, 5) is 6.42. The number of anilines is 1. The fourth-order valence-corrected chi connectivity index (χ4v) is 1.71. The van der Waals surface area contributed by atoms with E-state index < -0.39 is 0 Å². The Bertz CT molecular complexity index is 299. The summed E-state index contributed by atoms with van der Waals surface area (Å²) in [6.07, 6.45) is 2.38. The predicted octanol–water partition coefficient (Wildman–Crippen LogP) is 0.230. The van der Waals surface area contributed by atoms with Gasteiger partial charge in [-0.2, -0.15) is 0 Å². The molecule has 14 heavy (non-hydrogen) atoms. The molecule has 1 aromatic rings. The molecule has 1 aromatic heterocycles. The lowest BCUT2D eigenvalue weighted by atomic mass is 10.3. The fraction of sp³-hybridized carbons (Fsp3) is 0.500. The van der Waals surface area contributed by atoms with E-state index in [1.807, 2.05) is 12.1 Å². The van der Waals surface area contributed by atoms with Crippen molar-refractivity contribution in [3.05, 3.63) is 24.0 Å². The molecule has 4 heteroatoms. The van der Waals surface area contributed by atoms with E-state index in [2.05, 4.69) is 9.88 Å². The summed E-state index contributed by atoms with van der Waals surface area (Å²) in [6, 6.07) is 3.79. The molecule has 0 saturated carbocycles. The third-order valence-corrected chi connectivity index (χ3v) is 2.48. The van der Waals surface area contributed by atoms with Crippen molar-refractivity contribution >= 4 is 5.69 Å². The van der Waals surface area contributed by atoms with Gasteiger partial charge >= 0.3 is 0 Å². The highest BCUT2D eigenvalue weighted by molar-refractivity contribution is 5.34. The van der Waals surface area contributed by atoms with E-state index in [1.54, 1.807) is 6.20 Å². The van der Waals surface area contributed by atoms with Crippen LogP contribution in [0.1, 0.15) is 12.1 Å². The first-order chi connectivity index (χ1) is 6.74. The maximum Gasteiger partial charge on any atom is 0.0679 e. The minimum atomic E-state index is -0.163. The zero-order valence-electron chi connectivity index (χ0n) is 8.06. The Balaban J connectivity index is 1.94. The summed E-state index contributed by atoms with van der Waals surface area (Å²) in [5.74, 6) is 0.